The van der Waals surface area contributed by atoms with Gasteiger partial charge < -0.3 is 24.5 Å². The second-order valence-corrected chi connectivity index (χ2v) is 7.57. The quantitative estimate of drug-likeness (QED) is 0.591. The maximum atomic E-state index is 13.2. The SMILES string of the molecule is CCOc1ccccc1C(=O)N1CC(O)CC1C(=O)NCc1ccc(-c2cnco2)cc1. The molecule has 32 heavy (non-hydrogen) atoms. The van der Waals surface area contributed by atoms with Gasteiger partial charge in [0.05, 0.1) is 24.5 Å². The van der Waals surface area contributed by atoms with Gasteiger partial charge >= 0.3 is 0 Å². The molecule has 3 aromatic rings. The number of hydrogen-bond donors (Lipinski definition) is 2. The molecule has 8 heteroatoms. The van der Waals surface area contributed by atoms with Crippen LogP contribution in [0, 0.1) is 0 Å². The molecule has 1 aliphatic heterocycles. The van der Waals surface area contributed by atoms with Gasteiger partial charge in [-0.2, -0.15) is 0 Å². The summed E-state index contributed by atoms with van der Waals surface area (Å²) in [6.07, 6.45) is 2.45. The largest absolute Gasteiger partial charge is 0.493 e. The van der Waals surface area contributed by atoms with Crippen molar-refractivity contribution in [2.24, 2.45) is 0 Å². The zero-order valence-corrected chi connectivity index (χ0v) is 17.7. The van der Waals surface area contributed by atoms with Gasteiger partial charge in [0, 0.05) is 25.1 Å². The van der Waals surface area contributed by atoms with Gasteiger partial charge in [0.15, 0.2) is 12.2 Å². The standard InChI is InChI=1S/C24H25N3O5/c1-2-31-21-6-4-3-5-19(21)24(30)27-14-18(28)11-20(27)23(29)26-12-16-7-9-17(10-8-16)22-13-25-15-32-22/h3-10,13,15,18,20,28H,2,11-12,14H2,1H3,(H,26,29). The highest BCUT2D eigenvalue weighted by molar-refractivity contribution is 6.00. The molecular formula is C24H25N3O5. The van der Waals surface area contributed by atoms with Gasteiger partial charge in [-0.1, -0.05) is 36.4 Å². The van der Waals surface area contributed by atoms with Crippen molar-refractivity contribution in [1.82, 2.24) is 15.2 Å². The maximum absolute atomic E-state index is 13.2. The van der Waals surface area contributed by atoms with Crippen LogP contribution in [-0.4, -0.2) is 52.1 Å². The molecule has 4 rings (SSSR count). The van der Waals surface area contributed by atoms with E-state index in [2.05, 4.69) is 10.3 Å². The Kier molecular flexibility index (Phi) is 6.51. The number of carbonyl (C=O) groups excluding carboxylic acids is 2. The van der Waals surface area contributed by atoms with E-state index in [1.54, 1.807) is 30.5 Å². The molecule has 1 aliphatic rings. The van der Waals surface area contributed by atoms with Crippen molar-refractivity contribution in [2.75, 3.05) is 13.2 Å². The van der Waals surface area contributed by atoms with Crippen LogP contribution in [0.15, 0.2) is 65.5 Å². The second kappa shape index (κ2) is 9.65. The summed E-state index contributed by atoms with van der Waals surface area (Å²) < 4.78 is 10.8. The van der Waals surface area contributed by atoms with E-state index in [1.807, 2.05) is 31.2 Å². The number of likely N-dealkylation sites (tertiary alicyclic amines) is 1. The van der Waals surface area contributed by atoms with Crippen molar-refractivity contribution >= 4 is 11.8 Å². The Balaban J connectivity index is 1.42. The summed E-state index contributed by atoms with van der Waals surface area (Å²) >= 11 is 0. The molecule has 0 saturated carbocycles. The summed E-state index contributed by atoms with van der Waals surface area (Å²) in [5, 5.41) is 13.1. The monoisotopic (exact) mass is 435 g/mol. The average Bonchev–Trinajstić information content (AvgIpc) is 3.48. The van der Waals surface area contributed by atoms with Crippen molar-refractivity contribution in [2.45, 2.75) is 32.0 Å². The summed E-state index contributed by atoms with van der Waals surface area (Å²) in [4.78, 5) is 31.4. The number of amides is 2. The average molecular weight is 435 g/mol. The van der Waals surface area contributed by atoms with E-state index >= 15 is 0 Å². The number of para-hydroxylation sites is 1. The van der Waals surface area contributed by atoms with Gasteiger partial charge in [0.1, 0.15) is 11.8 Å². The van der Waals surface area contributed by atoms with Crippen LogP contribution in [0.1, 0.15) is 29.3 Å². The number of nitrogens with one attached hydrogen (secondary N) is 1. The van der Waals surface area contributed by atoms with E-state index in [-0.39, 0.29) is 24.8 Å². The summed E-state index contributed by atoms with van der Waals surface area (Å²) in [6, 6.07) is 13.7. The van der Waals surface area contributed by atoms with Gasteiger partial charge in [-0.25, -0.2) is 4.98 Å². The lowest BCUT2D eigenvalue weighted by molar-refractivity contribution is -0.125. The lowest BCUT2D eigenvalue weighted by Crippen LogP contribution is -2.45. The van der Waals surface area contributed by atoms with Crippen LogP contribution in [0.5, 0.6) is 5.75 Å². The number of benzene rings is 2. The van der Waals surface area contributed by atoms with E-state index < -0.39 is 12.1 Å². The summed E-state index contributed by atoms with van der Waals surface area (Å²) in [5.74, 6) is 0.500. The number of aliphatic hydroxyl groups excluding tert-OH is 1. The maximum Gasteiger partial charge on any atom is 0.258 e. The molecule has 2 atom stereocenters. The van der Waals surface area contributed by atoms with Crippen molar-refractivity contribution in [1.29, 1.82) is 0 Å². The topological polar surface area (TPSA) is 105 Å². The molecule has 2 amide bonds. The number of ether oxygens (including phenoxy) is 1. The molecule has 1 fully saturated rings. The first kappa shape index (κ1) is 21.6. The van der Waals surface area contributed by atoms with Crippen LogP contribution < -0.4 is 10.1 Å². The number of aromatic nitrogens is 1. The third-order valence-corrected chi connectivity index (χ3v) is 5.40. The predicted octanol–water partition coefficient (Wildman–Crippen LogP) is 2.63. The molecule has 166 valence electrons. The van der Waals surface area contributed by atoms with E-state index in [1.165, 1.54) is 11.3 Å². The number of rotatable bonds is 7. The Bertz CT molecular complexity index is 1070. The molecule has 0 radical (unpaired) electrons. The Labute approximate surface area is 185 Å². The number of aliphatic hydroxyl groups is 1. The van der Waals surface area contributed by atoms with E-state index in [9.17, 15) is 14.7 Å². The van der Waals surface area contributed by atoms with Gasteiger partial charge in [0.2, 0.25) is 5.91 Å². The van der Waals surface area contributed by atoms with Gasteiger partial charge in [-0.05, 0) is 24.6 Å². The van der Waals surface area contributed by atoms with Gasteiger partial charge in [-0.3, -0.25) is 9.59 Å². The van der Waals surface area contributed by atoms with Crippen LogP contribution in [0.25, 0.3) is 11.3 Å². The summed E-state index contributed by atoms with van der Waals surface area (Å²) in [6.45, 7) is 2.67. The van der Waals surface area contributed by atoms with Crippen LogP contribution in [0.4, 0.5) is 0 Å². The zero-order valence-electron chi connectivity index (χ0n) is 17.7. The highest BCUT2D eigenvalue weighted by atomic mass is 16.5. The number of β-amino-alcohol motifs (C(OH)–C–C–N with tert-alkyl or cyclic N) is 1. The molecule has 2 unspecified atom stereocenters. The predicted molar refractivity (Wildman–Crippen MR) is 117 cm³/mol. The van der Waals surface area contributed by atoms with Crippen LogP contribution in [-0.2, 0) is 11.3 Å². The molecule has 2 heterocycles. The fourth-order valence-electron chi connectivity index (χ4n) is 3.82. The summed E-state index contributed by atoms with van der Waals surface area (Å²) in [7, 11) is 0. The molecule has 1 aromatic heterocycles. The van der Waals surface area contributed by atoms with Crippen LogP contribution in [0.2, 0.25) is 0 Å². The van der Waals surface area contributed by atoms with E-state index in [0.29, 0.717) is 30.2 Å². The molecule has 0 aliphatic carbocycles. The molecule has 0 bridgehead atoms. The van der Waals surface area contributed by atoms with Crippen LogP contribution >= 0.6 is 0 Å². The molecule has 0 spiro atoms. The van der Waals surface area contributed by atoms with Crippen molar-refractivity contribution < 1.29 is 23.8 Å². The Morgan fingerprint density at radius 1 is 1.22 bits per heavy atom. The Morgan fingerprint density at radius 2 is 2.00 bits per heavy atom. The minimum Gasteiger partial charge on any atom is -0.493 e. The number of hydrogen-bond acceptors (Lipinski definition) is 6. The fraction of sp³-hybridized carbons (Fsp3) is 0.292. The van der Waals surface area contributed by atoms with Crippen LogP contribution in [0.3, 0.4) is 0 Å². The first-order valence-corrected chi connectivity index (χ1v) is 10.5. The minimum atomic E-state index is -0.754. The fourth-order valence-corrected chi connectivity index (χ4v) is 3.82. The zero-order chi connectivity index (χ0) is 22.5. The van der Waals surface area contributed by atoms with Gasteiger partial charge in [-0.15, -0.1) is 0 Å². The Hall–Kier alpha value is -3.65. The van der Waals surface area contributed by atoms with Crippen molar-refractivity contribution in [3.63, 3.8) is 0 Å². The highest BCUT2D eigenvalue weighted by Crippen LogP contribution is 2.26. The van der Waals surface area contributed by atoms with Crippen molar-refractivity contribution in [3.05, 3.63) is 72.2 Å². The molecular weight excluding hydrogens is 410 g/mol. The lowest BCUT2D eigenvalue weighted by Gasteiger charge is -2.24. The highest BCUT2D eigenvalue weighted by Gasteiger charge is 2.39. The van der Waals surface area contributed by atoms with E-state index in [4.69, 9.17) is 9.15 Å². The van der Waals surface area contributed by atoms with Crippen molar-refractivity contribution in [3.8, 4) is 17.1 Å². The third kappa shape index (κ3) is 4.65. The Morgan fingerprint density at radius 3 is 2.72 bits per heavy atom. The second-order valence-electron chi connectivity index (χ2n) is 7.57. The van der Waals surface area contributed by atoms with Gasteiger partial charge in [0.25, 0.3) is 5.91 Å². The van der Waals surface area contributed by atoms with E-state index in [0.717, 1.165) is 11.1 Å². The lowest BCUT2D eigenvalue weighted by atomic mass is 10.1. The first-order valence-electron chi connectivity index (χ1n) is 10.5. The molecule has 1 saturated heterocycles. The number of nitrogens with zero attached hydrogens (tertiary/aromatic N) is 2. The molecule has 8 nitrogen and oxygen atoms in total. The normalized spacial score (nSPS) is 17.9. The number of oxazole rings is 1. The molecule has 2 aromatic carbocycles. The number of carbonyl (C=O) groups is 2. The third-order valence-electron chi connectivity index (χ3n) is 5.40. The summed E-state index contributed by atoms with van der Waals surface area (Å²) in [5.41, 5.74) is 2.17. The smallest absolute Gasteiger partial charge is 0.258 e. The minimum absolute atomic E-state index is 0.100. The molecule has 2 N–H and O–H groups in total. The first-order chi connectivity index (χ1) is 15.6.